The Labute approximate surface area is 472 Å². The van der Waals surface area contributed by atoms with Crippen molar-refractivity contribution in [1.29, 1.82) is 0 Å². The number of alkyl carbamates (subject to hydrolysis) is 2. The second-order valence-corrected chi connectivity index (χ2v) is 24.5. The molecule has 14 nitrogen and oxygen atoms in total. The average Bonchev–Trinajstić information content (AvgIpc) is 4.40. The molecule has 79 heavy (non-hydrogen) atoms. The van der Waals surface area contributed by atoms with Crippen LogP contribution in [0.4, 0.5) is 9.59 Å². The van der Waals surface area contributed by atoms with Crippen LogP contribution in [-0.4, -0.2) is 117 Å². The molecule has 0 radical (unpaired) electrons. The Morgan fingerprint density at radius 1 is 0.620 bits per heavy atom. The number of H-pyrrole nitrogens is 2. The number of hydrogen-bond acceptors (Lipinski definition) is 10. The molecular weight excluding hydrogens is 1030 g/mol. The molecule has 8 aliphatic rings. The zero-order chi connectivity index (χ0) is 54.7. The number of nitrogens with one attached hydrogen (secondary N) is 4. The zero-order valence-corrected chi connectivity index (χ0v) is 47.7. The third kappa shape index (κ3) is 11.3. The summed E-state index contributed by atoms with van der Waals surface area (Å²) in [4.78, 5) is 74.3. The van der Waals surface area contributed by atoms with Gasteiger partial charge in [0, 0.05) is 13.1 Å². The molecule has 0 spiro atoms. The number of hydrogen-bond donors (Lipinski definition) is 4. The minimum absolute atomic E-state index is 0.0699. The number of likely N-dealkylation sites (tertiary alicyclic amines) is 2. The van der Waals surface area contributed by atoms with Crippen molar-refractivity contribution in [2.75, 3.05) is 51.3 Å². The second kappa shape index (κ2) is 24.1. The minimum atomic E-state index is -0.657. The highest BCUT2D eigenvalue weighted by molar-refractivity contribution is 7.98. The van der Waals surface area contributed by atoms with E-state index in [-0.39, 0.29) is 29.8 Å². The van der Waals surface area contributed by atoms with E-state index in [0.29, 0.717) is 49.6 Å². The largest absolute Gasteiger partial charge is 0.453 e. The Morgan fingerprint density at radius 2 is 1.10 bits per heavy atom. The van der Waals surface area contributed by atoms with Crippen LogP contribution in [-0.2, 0) is 38.3 Å². The van der Waals surface area contributed by atoms with Gasteiger partial charge in [-0.15, -0.1) is 0 Å². The lowest BCUT2D eigenvalue weighted by Crippen LogP contribution is -2.49. The summed E-state index contributed by atoms with van der Waals surface area (Å²) in [6, 6.07) is 30.1. The Bertz CT molecular complexity index is 3160. The van der Waals surface area contributed by atoms with E-state index in [1.807, 2.05) is 34.7 Å². The molecular formula is C63H74N8O6S2. The number of nitrogens with zero attached hydrogens (tertiary/aromatic N) is 4. The van der Waals surface area contributed by atoms with E-state index in [1.54, 1.807) is 23.5 Å². The lowest BCUT2D eigenvalue weighted by atomic mass is 9.84. The highest BCUT2D eigenvalue weighted by atomic mass is 32.2. The average molecular weight is 1100 g/mol. The maximum absolute atomic E-state index is 14.2. The van der Waals surface area contributed by atoms with Gasteiger partial charge < -0.3 is 39.9 Å². The number of fused-ring (bicyclic) bond motifs is 2. The number of benzene rings is 4. The lowest BCUT2D eigenvalue weighted by Gasteiger charge is -2.30. The van der Waals surface area contributed by atoms with Crippen molar-refractivity contribution in [1.82, 2.24) is 40.4 Å². The third-order valence-corrected chi connectivity index (χ3v) is 19.3. The maximum atomic E-state index is 14.2. The van der Waals surface area contributed by atoms with Gasteiger partial charge in [0.25, 0.3) is 0 Å². The van der Waals surface area contributed by atoms with E-state index >= 15 is 0 Å². The summed E-state index contributed by atoms with van der Waals surface area (Å²) in [5.74, 6) is 4.70. The fourth-order valence-corrected chi connectivity index (χ4v) is 14.8. The van der Waals surface area contributed by atoms with E-state index in [9.17, 15) is 19.2 Å². The van der Waals surface area contributed by atoms with Gasteiger partial charge in [-0.05, 0) is 167 Å². The van der Waals surface area contributed by atoms with Crippen molar-refractivity contribution in [3.8, 4) is 44.8 Å². The predicted molar refractivity (Wildman–Crippen MR) is 314 cm³/mol. The molecule has 2 saturated carbocycles. The van der Waals surface area contributed by atoms with Crippen molar-refractivity contribution < 1.29 is 28.7 Å². The number of amides is 4. The first-order chi connectivity index (χ1) is 38.5. The highest BCUT2D eigenvalue weighted by Crippen LogP contribution is 2.51. The quantitative estimate of drug-likeness (QED) is 0.0730. The summed E-state index contributed by atoms with van der Waals surface area (Å²) in [7, 11) is 2.66. The Kier molecular flexibility index (Phi) is 16.6. The summed E-state index contributed by atoms with van der Waals surface area (Å²) < 4.78 is 9.82. The molecule has 9 unspecified atom stereocenters. The van der Waals surface area contributed by atoms with Crippen molar-refractivity contribution in [2.24, 2.45) is 23.7 Å². The number of thioether (sulfide) groups is 2. The monoisotopic (exact) mass is 1100 g/mol. The number of aromatic amines is 2. The van der Waals surface area contributed by atoms with Gasteiger partial charge in [0.2, 0.25) is 11.8 Å². The van der Waals surface area contributed by atoms with E-state index < -0.39 is 24.3 Å². The molecule has 4 heterocycles. The number of methoxy groups -OCH3 is 2. The molecule has 14 rings (SSSR count). The van der Waals surface area contributed by atoms with Crippen LogP contribution in [0.15, 0.2) is 97.3 Å². The number of aryl methyl sites for hydroxylation is 2. The molecule has 2 saturated heterocycles. The van der Waals surface area contributed by atoms with Crippen molar-refractivity contribution >= 4 is 47.5 Å². The van der Waals surface area contributed by atoms with E-state index in [0.717, 1.165) is 103 Å². The number of carbonyl (C=O) groups excluding carboxylic acids is 4. The standard InChI is InChI=1S/C63H74N8O6S2/c1-37-30-45-15-13-38(31-50(45)40-16-21-42(22-17-40)54-33-64-58(66-54)56-48-10-6-8-46(48)35-70(56)60(72)52(26-28-78-4)68-62(74)76-2)12-14-39-20-25-44(37)32-51(39)41-18-23-43(24-19-41)55-34-65-59(67-55)57-49-11-7-9-47(49)36-71(57)61(73)53(27-29-79-5)69-63(75)77-3/h13,15-25,31-34,37,46-49,52-53,56-57H,6-12,14,26-30,35-36H2,1-5H3,(H,64,66)(H,65,67)(H,68,74)(H,69,75). The van der Waals surface area contributed by atoms with Gasteiger partial charge in [0.05, 0.1) is 50.1 Å². The van der Waals surface area contributed by atoms with Crippen molar-refractivity contribution in [3.63, 3.8) is 0 Å². The summed E-state index contributed by atoms with van der Waals surface area (Å²) >= 11 is 3.31. The molecule has 4 aromatic carbocycles. The van der Waals surface area contributed by atoms with Crippen LogP contribution in [0, 0.1) is 23.7 Å². The van der Waals surface area contributed by atoms with E-state index in [4.69, 9.17) is 19.4 Å². The van der Waals surface area contributed by atoms with Crippen LogP contribution < -0.4 is 10.6 Å². The smallest absolute Gasteiger partial charge is 0.407 e. The van der Waals surface area contributed by atoms with Crippen LogP contribution in [0.2, 0.25) is 0 Å². The van der Waals surface area contributed by atoms with Gasteiger partial charge in [0.1, 0.15) is 23.7 Å². The normalized spacial score (nSPS) is 22.9. The number of imidazole rings is 2. The van der Waals surface area contributed by atoms with Gasteiger partial charge in [0.15, 0.2) is 0 Å². The molecule has 6 aliphatic carbocycles. The second-order valence-electron chi connectivity index (χ2n) is 22.6. The summed E-state index contributed by atoms with van der Waals surface area (Å²) in [5, 5.41) is 5.64. The highest BCUT2D eigenvalue weighted by Gasteiger charge is 2.50. The number of aromatic nitrogens is 4. The SMILES string of the molecule is COC(=O)NC(CCSC)C(=O)N1CC2CCCC2C1c1ncc(-c2ccc(-c3cc4ccc3CCc3ccc(c(-c5ccc(-c6cnc(C7C8CCCC8CN7C(=O)C(CCSC)NC(=O)OC)[nH]6)cc5)c3)CC4C)cc2)[nH]1. The van der Waals surface area contributed by atoms with Crippen LogP contribution in [0.5, 0.6) is 0 Å². The van der Waals surface area contributed by atoms with Crippen LogP contribution in [0.25, 0.3) is 44.8 Å². The molecule has 4 N–H and O–H groups in total. The van der Waals surface area contributed by atoms with Crippen molar-refractivity contribution in [3.05, 3.63) is 131 Å². The number of rotatable bonds is 16. The van der Waals surface area contributed by atoms with Gasteiger partial charge in [-0.1, -0.05) is 105 Å². The topological polar surface area (TPSA) is 175 Å². The molecule has 6 aromatic rings. The Hall–Kier alpha value is -6.52. The molecule has 4 amide bonds. The van der Waals surface area contributed by atoms with Crippen LogP contribution in [0.1, 0.15) is 110 Å². The summed E-state index contributed by atoms with van der Waals surface area (Å²) in [6.07, 6.45) is 17.0. The molecule has 16 heteroatoms. The van der Waals surface area contributed by atoms with E-state index in [2.05, 4.69) is 112 Å². The van der Waals surface area contributed by atoms with E-state index in [1.165, 1.54) is 58.7 Å². The molecule has 4 fully saturated rings. The first-order valence-corrected chi connectivity index (χ1v) is 31.1. The molecule has 2 aliphatic heterocycles. The van der Waals surface area contributed by atoms with Crippen LogP contribution >= 0.6 is 23.5 Å². The fourth-order valence-electron chi connectivity index (χ4n) is 13.8. The first-order valence-electron chi connectivity index (χ1n) is 28.4. The predicted octanol–water partition coefficient (Wildman–Crippen LogP) is 11.8. The molecule has 4 bridgehead atoms. The number of ether oxygens (including phenoxy) is 2. The minimum Gasteiger partial charge on any atom is -0.453 e. The lowest BCUT2D eigenvalue weighted by molar-refractivity contribution is -0.135. The zero-order valence-electron chi connectivity index (χ0n) is 46.1. The maximum Gasteiger partial charge on any atom is 0.407 e. The van der Waals surface area contributed by atoms with Gasteiger partial charge in [-0.3, -0.25) is 9.59 Å². The van der Waals surface area contributed by atoms with Crippen molar-refractivity contribution in [2.45, 2.75) is 108 Å². The van der Waals surface area contributed by atoms with Gasteiger partial charge in [-0.25, -0.2) is 19.6 Å². The molecule has 9 atom stereocenters. The Morgan fingerprint density at radius 3 is 1.59 bits per heavy atom. The number of carbonyl (C=O) groups is 4. The van der Waals surface area contributed by atoms with Gasteiger partial charge in [-0.2, -0.15) is 23.5 Å². The first kappa shape index (κ1) is 54.4. The van der Waals surface area contributed by atoms with Crippen LogP contribution in [0.3, 0.4) is 0 Å². The summed E-state index contributed by atoms with van der Waals surface area (Å²) in [6.45, 7) is 3.67. The van der Waals surface area contributed by atoms with Gasteiger partial charge >= 0.3 is 12.2 Å². The molecule has 414 valence electrons. The third-order valence-electron chi connectivity index (χ3n) is 18.0. The Balaban J connectivity index is 0.790. The molecule has 2 aromatic heterocycles. The summed E-state index contributed by atoms with van der Waals surface area (Å²) in [5.41, 5.74) is 14.0. The fraction of sp³-hybridized carbons (Fsp3) is 0.460.